The van der Waals surface area contributed by atoms with E-state index in [1.165, 1.54) is 22.6 Å². The van der Waals surface area contributed by atoms with Crippen molar-refractivity contribution in [2.24, 2.45) is 0 Å². The monoisotopic (exact) mass is 471 g/mol. The Hall–Kier alpha value is -3.58. The standard InChI is InChI=1S/C27H29N5OS/c1-18-16-23(19(2)32(18)21-12-10-20(11-13-21)30(3)4)26-25(24-9-5-6-14-28-24)29-27(34)31(26)17-22-8-7-15-33-22/h5-16,25-26H,17H2,1-4H3,(H,29,34)/t25-,26-/m1/s1. The Morgan fingerprint density at radius 1 is 1.06 bits per heavy atom. The van der Waals surface area contributed by atoms with Gasteiger partial charge in [0.05, 0.1) is 30.6 Å². The third-order valence-corrected chi connectivity index (χ3v) is 6.87. The molecule has 34 heavy (non-hydrogen) atoms. The van der Waals surface area contributed by atoms with Crippen molar-refractivity contribution in [3.05, 3.63) is 102 Å². The van der Waals surface area contributed by atoms with Crippen LogP contribution in [0.3, 0.4) is 0 Å². The lowest BCUT2D eigenvalue weighted by atomic mass is 9.96. The molecule has 5 rings (SSSR count). The van der Waals surface area contributed by atoms with Gasteiger partial charge in [0.1, 0.15) is 5.76 Å². The lowest BCUT2D eigenvalue weighted by Gasteiger charge is -2.27. The maximum Gasteiger partial charge on any atom is 0.170 e. The van der Waals surface area contributed by atoms with Gasteiger partial charge in [0.15, 0.2) is 5.11 Å². The van der Waals surface area contributed by atoms with E-state index in [-0.39, 0.29) is 12.1 Å². The van der Waals surface area contributed by atoms with Crippen molar-refractivity contribution in [1.82, 2.24) is 19.8 Å². The van der Waals surface area contributed by atoms with Gasteiger partial charge in [-0.2, -0.15) is 0 Å². The molecule has 0 bridgehead atoms. The molecule has 0 unspecified atom stereocenters. The maximum absolute atomic E-state index is 5.82. The van der Waals surface area contributed by atoms with Crippen LogP contribution >= 0.6 is 12.2 Å². The Bertz CT molecular complexity index is 1280. The average molecular weight is 472 g/mol. The Morgan fingerprint density at radius 3 is 2.50 bits per heavy atom. The molecule has 7 heteroatoms. The smallest absolute Gasteiger partial charge is 0.170 e. The van der Waals surface area contributed by atoms with Gasteiger partial charge in [0, 0.05) is 43.1 Å². The zero-order valence-corrected chi connectivity index (χ0v) is 20.7. The molecule has 4 heterocycles. The zero-order valence-electron chi connectivity index (χ0n) is 19.9. The minimum absolute atomic E-state index is 0.0199. The van der Waals surface area contributed by atoms with Crippen molar-refractivity contribution < 1.29 is 4.42 Å². The first-order valence-corrected chi connectivity index (χ1v) is 11.8. The molecule has 1 aromatic carbocycles. The van der Waals surface area contributed by atoms with Gasteiger partial charge >= 0.3 is 0 Å². The van der Waals surface area contributed by atoms with E-state index in [0.29, 0.717) is 11.7 Å². The molecule has 0 spiro atoms. The second-order valence-corrected chi connectivity index (χ2v) is 9.29. The summed E-state index contributed by atoms with van der Waals surface area (Å²) in [5.41, 5.74) is 6.89. The largest absolute Gasteiger partial charge is 0.467 e. The van der Waals surface area contributed by atoms with E-state index >= 15 is 0 Å². The number of benzene rings is 1. The van der Waals surface area contributed by atoms with Gasteiger partial charge in [-0.25, -0.2) is 0 Å². The number of nitrogens with zero attached hydrogens (tertiary/aromatic N) is 4. The van der Waals surface area contributed by atoms with Crippen LogP contribution in [0.25, 0.3) is 5.69 Å². The van der Waals surface area contributed by atoms with Crippen LogP contribution in [0, 0.1) is 13.8 Å². The van der Waals surface area contributed by atoms with Crippen LogP contribution in [-0.4, -0.2) is 33.7 Å². The minimum atomic E-state index is -0.0614. The molecule has 4 aromatic rings. The highest BCUT2D eigenvalue weighted by Gasteiger charge is 2.41. The van der Waals surface area contributed by atoms with Crippen molar-refractivity contribution in [1.29, 1.82) is 0 Å². The van der Waals surface area contributed by atoms with Gasteiger partial charge < -0.3 is 24.1 Å². The number of pyridine rings is 1. The lowest BCUT2D eigenvalue weighted by molar-refractivity contribution is 0.286. The number of aromatic nitrogens is 2. The number of aryl methyl sites for hydroxylation is 1. The summed E-state index contributed by atoms with van der Waals surface area (Å²) in [5, 5.41) is 4.24. The first-order valence-electron chi connectivity index (χ1n) is 11.4. The number of rotatable bonds is 6. The van der Waals surface area contributed by atoms with Crippen molar-refractivity contribution >= 4 is 23.0 Å². The Morgan fingerprint density at radius 2 is 1.85 bits per heavy atom. The summed E-state index contributed by atoms with van der Waals surface area (Å²) in [6.45, 7) is 4.93. The summed E-state index contributed by atoms with van der Waals surface area (Å²) in [5.74, 6) is 0.879. The van der Waals surface area contributed by atoms with E-state index in [1.807, 2.05) is 30.5 Å². The van der Waals surface area contributed by atoms with Crippen LogP contribution in [-0.2, 0) is 6.54 Å². The Kier molecular flexibility index (Phi) is 5.87. The number of hydrogen-bond donors (Lipinski definition) is 1. The summed E-state index contributed by atoms with van der Waals surface area (Å²) in [6, 6.07) is 20.8. The van der Waals surface area contributed by atoms with Gasteiger partial charge in [-0.05, 0) is 86.2 Å². The molecular weight excluding hydrogens is 442 g/mol. The van der Waals surface area contributed by atoms with E-state index in [0.717, 1.165) is 17.1 Å². The second kappa shape index (κ2) is 8.99. The normalized spacial score (nSPS) is 17.8. The van der Waals surface area contributed by atoms with E-state index in [4.69, 9.17) is 16.6 Å². The topological polar surface area (TPSA) is 49.5 Å². The van der Waals surface area contributed by atoms with Gasteiger partial charge in [-0.3, -0.25) is 4.98 Å². The fourth-order valence-electron chi connectivity index (χ4n) is 4.87. The van der Waals surface area contributed by atoms with Gasteiger partial charge in [0.2, 0.25) is 0 Å². The third kappa shape index (κ3) is 3.96. The minimum Gasteiger partial charge on any atom is -0.467 e. The van der Waals surface area contributed by atoms with Crippen LogP contribution in [0.1, 0.15) is 40.5 Å². The van der Waals surface area contributed by atoms with Crippen molar-refractivity contribution in [3.8, 4) is 5.69 Å². The molecule has 174 valence electrons. The fraction of sp³-hybridized carbons (Fsp3) is 0.259. The highest BCUT2D eigenvalue weighted by Crippen LogP contribution is 2.42. The number of furan rings is 1. The molecule has 0 saturated carbocycles. The molecule has 0 aliphatic carbocycles. The summed E-state index contributed by atoms with van der Waals surface area (Å²) >= 11 is 5.82. The number of hydrogen-bond acceptors (Lipinski definition) is 4. The summed E-state index contributed by atoms with van der Waals surface area (Å²) in [7, 11) is 4.11. The van der Waals surface area contributed by atoms with E-state index < -0.39 is 0 Å². The molecule has 1 aliphatic heterocycles. The summed E-state index contributed by atoms with van der Waals surface area (Å²) in [4.78, 5) is 8.99. The average Bonchev–Trinajstić information content (AvgIpc) is 3.54. The molecule has 1 N–H and O–H groups in total. The first kappa shape index (κ1) is 22.2. The molecule has 3 aromatic heterocycles. The lowest BCUT2D eigenvalue weighted by Crippen LogP contribution is -2.29. The van der Waals surface area contributed by atoms with Crippen LogP contribution in [0.4, 0.5) is 5.69 Å². The molecule has 0 radical (unpaired) electrons. The van der Waals surface area contributed by atoms with Crippen LogP contribution in [0.2, 0.25) is 0 Å². The van der Waals surface area contributed by atoms with Crippen molar-refractivity contribution in [2.45, 2.75) is 32.5 Å². The van der Waals surface area contributed by atoms with Crippen molar-refractivity contribution in [3.63, 3.8) is 0 Å². The van der Waals surface area contributed by atoms with E-state index in [2.05, 4.69) is 89.0 Å². The molecular formula is C27H29N5OS. The SMILES string of the molecule is Cc1cc([C@@H]2[C@@H](c3ccccn3)NC(=S)N2Cc2ccco2)c(C)n1-c1ccc(N(C)C)cc1. The Balaban J connectivity index is 1.59. The van der Waals surface area contributed by atoms with Gasteiger partial charge in [0.25, 0.3) is 0 Å². The molecule has 2 atom stereocenters. The molecule has 6 nitrogen and oxygen atoms in total. The molecule has 1 saturated heterocycles. The van der Waals surface area contributed by atoms with Crippen molar-refractivity contribution in [2.75, 3.05) is 19.0 Å². The Labute approximate surface area is 205 Å². The summed E-state index contributed by atoms with van der Waals surface area (Å²) in [6.07, 6.45) is 3.54. The zero-order chi connectivity index (χ0) is 23.8. The summed E-state index contributed by atoms with van der Waals surface area (Å²) < 4.78 is 7.99. The highest BCUT2D eigenvalue weighted by atomic mass is 32.1. The predicted octanol–water partition coefficient (Wildman–Crippen LogP) is 5.32. The quantitative estimate of drug-likeness (QED) is 0.384. The molecule has 1 aliphatic rings. The highest BCUT2D eigenvalue weighted by molar-refractivity contribution is 7.80. The number of anilines is 1. The molecule has 1 fully saturated rings. The number of nitrogens with one attached hydrogen (secondary N) is 1. The predicted molar refractivity (Wildman–Crippen MR) is 139 cm³/mol. The van der Waals surface area contributed by atoms with Crippen LogP contribution < -0.4 is 10.2 Å². The number of thiocarbonyl (C=S) groups is 1. The van der Waals surface area contributed by atoms with Crippen LogP contribution in [0.15, 0.2) is 77.5 Å². The first-order chi connectivity index (χ1) is 16.4. The van der Waals surface area contributed by atoms with Gasteiger partial charge in [-0.1, -0.05) is 6.07 Å². The van der Waals surface area contributed by atoms with E-state index in [1.54, 1.807) is 6.26 Å². The maximum atomic E-state index is 5.82. The van der Waals surface area contributed by atoms with E-state index in [9.17, 15) is 0 Å². The molecule has 0 amide bonds. The second-order valence-electron chi connectivity index (χ2n) is 8.91. The van der Waals surface area contributed by atoms with Crippen LogP contribution in [0.5, 0.6) is 0 Å². The van der Waals surface area contributed by atoms with Gasteiger partial charge in [-0.15, -0.1) is 0 Å². The third-order valence-electron chi connectivity index (χ3n) is 6.52. The fourth-order valence-corrected chi connectivity index (χ4v) is 5.17.